The fourth-order valence-electron chi connectivity index (χ4n) is 1.93. The summed E-state index contributed by atoms with van der Waals surface area (Å²) in [5, 5.41) is 2.04. The minimum atomic E-state index is 0.498. The fraction of sp³-hybridized carbons (Fsp3) is 0.583. The standard InChI is InChI=1S/C12H18ClN3S/c1-4-9(2)8-15(3)11-10(7-13)16-5-6-17-12(16)14-11/h5-6,9H,4,7-8H2,1-3H3. The first-order valence-corrected chi connectivity index (χ1v) is 7.30. The Labute approximate surface area is 111 Å². The number of rotatable bonds is 5. The lowest BCUT2D eigenvalue weighted by Crippen LogP contribution is -2.24. The molecule has 0 N–H and O–H groups in total. The number of anilines is 1. The van der Waals surface area contributed by atoms with Gasteiger partial charge in [0.1, 0.15) is 0 Å². The van der Waals surface area contributed by atoms with Crippen LogP contribution in [0, 0.1) is 5.92 Å². The first-order valence-electron chi connectivity index (χ1n) is 5.88. The SMILES string of the molecule is CCC(C)CN(C)c1nc2sccn2c1CCl. The third-order valence-electron chi connectivity index (χ3n) is 3.11. The first-order chi connectivity index (χ1) is 8.17. The van der Waals surface area contributed by atoms with Gasteiger partial charge in [0, 0.05) is 25.2 Å². The van der Waals surface area contributed by atoms with Crippen molar-refractivity contribution in [1.29, 1.82) is 0 Å². The third kappa shape index (κ3) is 2.43. The Morgan fingerprint density at radius 1 is 1.59 bits per heavy atom. The van der Waals surface area contributed by atoms with Crippen molar-refractivity contribution in [3.63, 3.8) is 0 Å². The Hall–Kier alpha value is -0.740. The summed E-state index contributed by atoms with van der Waals surface area (Å²) < 4.78 is 2.08. The molecular weight excluding hydrogens is 254 g/mol. The van der Waals surface area contributed by atoms with E-state index >= 15 is 0 Å². The van der Waals surface area contributed by atoms with Gasteiger partial charge in [0.15, 0.2) is 10.8 Å². The molecule has 0 aliphatic carbocycles. The minimum absolute atomic E-state index is 0.498. The van der Waals surface area contributed by atoms with E-state index < -0.39 is 0 Å². The molecule has 0 amide bonds. The second-order valence-electron chi connectivity index (χ2n) is 4.47. The maximum atomic E-state index is 6.04. The molecule has 1 atom stereocenters. The van der Waals surface area contributed by atoms with E-state index in [2.05, 4.69) is 35.2 Å². The van der Waals surface area contributed by atoms with Crippen LogP contribution in [0.2, 0.25) is 0 Å². The van der Waals surface area contributed by atoms with Crippen molar-refractivity contribution in [2.45, 2.75) is 26.1 Å². The van der Waals surface area contributed by atoms with Crippen LogP contribution in [0.1, 0.15) is 26.0 Å². The largest absolute Gasteiger partial charge is 0.358 e. The molecule has 0 aliphatic heterocycles. The van der Waals surface area contributed by atoms with E-state index in [4.69, 9.17) is 11.6 Å². The topological polar surface area (TPSA) is 20.5 Å². The van der Waals surface area contributed by atoms with Gasteiger partial charge in [0.05, 0.1) is 11.6 Å². The summed E-state index contributed by atoms with van der Waals surface area (Å²) in [6, 6.07) is 0. The second-order valence-corrected chi connectivity index (χ2v) is 5.61. The molecule has 2 heterocycles. The summed E-state index contributed by atoms with van der Waals surface area (Å²) in [6.07, 6.45) is 3.22. The summed E-state index contributed by atoms with van der Waals surface area (Å²) in [5.41, 5.74) is 1.09. The Kier molecular flexibility index (Phi) is 3.94. The molecule has 0 saturated carbocycles. The van der Waals surface area contributed by atoms with Crippen LogP contribution < -0.4 is 4.90 Å². The van der Waals surface area contributed by atoms with E-state index in [-0.39, 0.29) is 0 Å². The number of thiazole rings is 1. The molecule has 2 rings (SSSR count). The lowest BCUT2D eigenvalue weighted by molar-refractivity contribution is 0.557. The van der Waals surface area contributed by atoms with Crippen molar-refractivity contribution >= 4 is 33.7 Å². The summed E-state index contributed by atoms with van der Waals surface area (Å²) in [7, 11) is 2.09. The van der Waals surface area contributed by atoms with Crippen molar-refractivity contribution in [1.82, 2.24) is 9.38 Å². The summed E-state index contributed by atoms with van der Waals surface area (Å²) in [5.74, 6) is 2.19. The summed E-state index contributed by atoms with van der Waals surface area (Å²) in [6.45, 7) is 5.49. The van der Waals surface area contributed by atoms with Crippen LogP contribution in [0.15, 0.2) is 11.6 Å². The normalized spacial score (nSPS) is 13.2. The van der Waals surface area contributed by atoms with Crippen molar-refractivity contribution in [2.24, 2.45) is 5.92 Å². The van der Waals surface area contributed by atoms with Crippen LogP contribution in [-0.2, 0) is 5.88 Å². The average molecular weight is 272 g/mol. The molecule has 0 aromatic carbocycles. The van der Waals surface area contributed by atoms with Crippen LogP contribution in [-0.4, -0.2) is 23.0 Å². The molecule has 0 bridgehead atoms. The van der Waals surface area contributed by atoms with Crippen LogP contribution in [0.25, 0.3) is 4.96 Å². The predicted molar refractivity (Wildman–Crippen MR) is 75.4 cm³/mol. The lowest BCUT2D eigenvalue weighted by atomic mass is 10.1. The highest BCUT2D eigenvalue weighted by molar-refractivity contribution is 7.15. The van der Waals surface area contributed by atoms with Crippen molar-refractivity contribution in [3.05, 3.63) is 17.3 Å². The molecule has 3 nitrogen and oxygen atoms in total. The van der Waals surface area contributed by atoms with Gasteiger partial charge in [-0.25, -0.2) is 4.98 Å². The van der Waals surface area contributed by atoms with Crippen LogP contribution in [0.5, 0.6) is 0 Å². The van der Waals surface area contributed by atoms with E-state index in [9.17, 15) is 0 Å². The quantitative estimate of drug-likeness (QED) is 0.775. The Balaban J connectivity index is 2.30. The van der Waals surface area contributed by atoms with E-state index in [1.54, 1.807) is 11.3 Å². The number of alkyl halides is 1. The molecule has 94 valence electrons. The van der Waals surface area contributed by atoms with E-state index in [0.717, 1.165) is 23.0 Å². The fourth-order valence-corrected chi connectivity index (χ4v) is 2.91. The molecule has 2 aromatic heterocycles. The molecule has 0 spiro atoms. The Bertz CT molecular complexity index is 491. The van der Waals surface area contributed by atoms with Crippen molar-refractivity contribution in [3.8, 4) is 0 Å². The highest BCUT2D eigenvalue weighted by Gasteiger charge is 2.16. The second kappa shape index (κ2) is 5.27. The van der Waals surface area contributed by atoms with Gasteiger partial charge in [0.2, 0.25) is 0 Å². The highest BCUT2D eigenvalue weighted by Crippen LogP contribution is 2.26. The summed E-state index contributed by atoms with van der Waals surface area (Å²) >= 11 is 7.69. The van der Waals surface area contributed by atoms with Crippen LogP contribution in [0.3, 0.4) is 0 Å². The zero-order chi connectivity index (χ0) is 12.4. The van der Waals surface area contributed by atoms with Crippen molar-refractivity contribution in [2.75, 3.05) is 18.5 Å². The van der Waals surface area contributed by atoms with Gasteiger partial charge in [-0.2, -0.15) is 0 Å². The molecule has 2 aromatic rings. The molecule has 0 fully saturated rings. The molecule has 5 heteroatoms. The zero-order valence-corrected chi connectivity index (χ0v) is 12.1. The predicted octanol–water partition coefficient (Wildman–Crippen LogP) is 3.62. The number of fused-ring (bicyclic) bond motifs is 1. The Morgan fingerprint density at radius 3 is 3.00 bits per heavy atom. The van der Waals surface area contributed by atoms with Crippen LogP contribution >= 0.6 is 22.9 Å². The van der Waals surface area contributed by atoms with Gasteiger partial charge in [-0.3, -0.25) is 4.40 Å². The first kappa shape index (κ1) is 12.7. The van der Waals surface area contributed by atoms with E-state index in [1.807, 2.05) is 11.6 Å². The van der Waals surface area contributed by atoms with Gasteiger partial charge in [0.25, 0.3) is 0 Å². The molecule has 17 heavy (non-hydrogen) atoms. The van der Waals surface area contributed by atoms with Crippen molar-refractivity contribution < 1.29 is 0 Å². The number of hydrogen-bond acceptors (Lipinski definition) is 3. The van der Waals surface area contributed by atoms with E-state index in [0.29, 0.717) is 11.8 Å². The number of imidazole rings is 1. The molecule has 0 radical (unpaired) electrons. The van der Waals surface area contributed by atoms with Gasteiger partial charge in [-0.05, 0) is 5.92 Å². The van der Waals surface area contributed by atoms with Gasteiger partial charge < -0.3 is 4.90 Å². The number of halogens is 1. The van der Waals surface area contributed by atoms with Gasteiger partial charge >= 0.3 is 0 Å². The molecule has 0 aliphatic rings. The maximum Gasteiger partial charge on any atom is 0.195 e. The van der Waals surface area contributed by atoms with Crippen LogP contribution in [0.4, 0.5) is 5.82 Å². The minimum Gasteiger partial charge on any atom is -0.358 e. The van der Waals surface area contributed by atoms with E-state index in [1.165, 1.54) is 6.42 Å². The lowest BCUT2D eigenvalue weighted by Gasteiger charge is -2.21. The highest BCUT2D eigenvalue weighted by atomic mass is 35.5. The monoisotopic (exact) mass is 271 g/mol. The van der Waals surface area contributed by atoms with Gasteiger partial charge in [-0.15, -0.1) is 22.9 Å². The molecular formula is C12H18ClN3S. The third-order valence-corrected chi connectivity index (χ3v) is 4.12. The maximum absolute atomic E-state index is 6.04. The average Bonchev–Trinajstić information content (AvgIpc) is 2.87. The zero-order valence-electron chi connectivity index (χ0n) is 10.5. The number of hydrogen-bond donors (Lipinski definition) is 0. The number of nitrogens with zero attached hydrogens (tertiary/aromatic N) is 3. The smallest absolute Gasteiger partial charge is 0.195 e. The number of aromatic nitrogens is 2. The molecule has 0 saturated heterocycles. The molecule has 1 unspecified atom stereocenters. The summed E-state index contributed by atoms with van der Waals surface area (Å²) in [4.78, 5) is 7.89. The Morgan fingerprint density at radius 2 is 2.35 bits per heavy atom. The van der Waals surface area contributed by atoms with Gasteiger partial charge in [-0.1, -0.05) is 20.3 Å².